The number of ether oxygens (including phenoxy) is 2. The third kappa shape index (κ3) is 18.4. The molecule has 10 heteroatoms. The second-order valence-electron chi connectivity index (χ2n) is 8.70. The summed E-state index contributed by atoms with van der Waals surface area (Å²) >= 11 is 0. The Balaban J connectivity index is 3.57. The molecule has 0 spiro atoms. The molecule has 0 saturated heterocycles. The van der Waals surface area contributed by atoms with E-state index in [4.69, 9.17) is 9.84 Å². The molecule has 0 aromatic rings. The predicted molar refractivity (Wildman–Crippen MR) is 121 cm³/mol. The van der Waals surface area contributed by atoms with Crippen molar-refractivity contribution in [3.05, 3.63) is 0 Å². The summed E-state index contributed by atoms with van der Waals surface area (Å²) in [7, 11) is 0. The van der Waals surface area contributed by atoms with Gasteiger partial charge in [0.2, 0.25) is 5.91 Å². The largest absolute Gasteiger partial charge is 0.516 e. The summed E-state index contributed by atoms with van der Waals surface area (Å²) in [5, 5.41) is 40.2. The van der Waals surface area contributed by atoms with Gasteiger partial charge in [0.25, 0.3) is 0 Å². The van der Waals surface area contributed by atoms with Crippen molar-refractivity contribution in [1.29, 1.82) is 0 Å². The maximum Gasteiger partial charge on any atom is 0.516 e. The fourth-order valence-corrected chi connectivity index (χ4v) is 3.01. The number of nitrogens with one attached hydrogen (secondary N) is 1. The van der Waals surface area contributed by atoms with E-state index >= 15 is 0 Å². The van der Waals surface area contributed by atoms with Gasteiger partial charge in [-0.1, -0.05) is 52.4 Å². The first-order valence-corrected chi connectivity index (χ1v) is 12.0. The average molecular weight is 478 g/mol. The molecular formula is C23H43NO9. The Morgan fingerprint density at radius 1 is 0.818 bits per heavy atom. The molecule has 10 nitrogen and oxygen atoms in total. The SMILES string of the molecule is CC(C)COC(=O)OC(=O)CCCCCCCCCCC(=O)NCC(O)C(O)C(O)CCO. The topological polar surface area (TPSA) is 163 Å². The number of aliphatic hydroxyl groups excluding tert-OH is 4. The van der Waals surface area contributed by atoms with Crippen LogP contribution in [-0.4, -0.2) is 76.5 Å². The molecule has 5 N–H and O–H groups in total. The van der Waals surface area contributed by atoms with Crippen LogP contribution < -0.4 is 5.32 Å². The van der Waals surface area contributed by atoms with Gasteiger partial charge in [-0.05, 0) is 25.2 Å². The number of carbonyl (C=O) groups is 3. The number of hydrogen-bond acceptors (Lipinski definition) is 9. The maximum absolute atomic E-state index is 11.8. The standard InChI is InChI=1S/C23H43NO9/c1-17(2)16-32-23(31)33-21(29)12-10-8-6-4-3-5-7-9-11-20(28)24-15-19(27)22(30)18(26)13-14-25/h17-19,22,25-27,30H,3-16H2,1-2H3,(H,24,28). The zero-order chi connectivity index (χ0) is 25.1. The van der Waals surface area contributed by atoms with Crippen molar-refractivity contribution < 1.29 is 44.3 Å². The summed E-state index contributed by atoms with van der Waals surface area (Å²) < 4.78 is 9.36. The van der Waals surface area contributed by atoms with Gasteiger partial charge >= 0.3 is 12.1 Å². The molecule has 0 saturated carbocycles. The zero-order valence-electron chi connectivity index (χ0n) is 20.0. The van der Waals surface area contributed by atoms with Gasteiger partial charge in [-0.3, -0.25) is 9.59 Å². The summed E-state index contributed by atoms with van der Waals surface area (Å²) in [5.74, 6) is -0.605. The van der Waals surface area contributed by atoms with E-state index in [1.165, 1.54) is 0 Å². The van der Waals surface area contributed by atoms with Crippen LogP contribution in [-0.2, 0) is 19.1 Å². The first kappa shape index (κ1) is 31.2. The van der Waals surface area contributed by atoms with E-state index in [0.29, 0.717) is 12.8 Å². The van der Waals surface area contributed by atoms with Crippen molar-refractivity contribution in [3.63, 3.8) is 0 Å². The molecule has 0 aromatic carbocycles. The fourth-order valence-electron chi connectivity index (χ4n) is 3.01. The minimum absolute atomic E-state index is 0.0479. The molecule has 0 fully saturated rings. The van der Waals surface area contributed by atoms with Crippen LogP contribution in [0, 0.1) is 5.92 Å². The first-order valence-electron chi connectivity index (χ1n) is 12.0. The quantitative estimate of drug-likeness (QED) is 0.106. The van der Waals surface area contributed by atoms with Gasteiger partial charge in [0, 0.05) is 26.0 Å². The van der Waals surface area contributed by atoms with Gasteiger partial charge in [-0.25, -0.2) is 4.79 Å². The fraction of sp³-hybridized carbons (Fsp3) is 0.870. The Labute approximate surface area is 196 Å². The van der Waals surface area contributed by atoms with E-state index in [9.17, 15) is 29.7 Å². The van der Waals surface area contributed by atoms with Crippen molar-refractivity contribution in [2.75, 3.05) is 19.8 Å². The first-order chi connectivity index (χ1) is 15.7. The summed E-state index contributed by atoms with van der Waals surface area (Å²) in [6.07, 6.45) is 2.75. The zero-order valence-corrected chi connectivity index (χ0v) is 20.0. The van der Waals surface area contributed by atoms with Crippen molar-refractivity contribution in [2.45, 2.75) is 103 Å². The number of rotatable bonds is 19. The molecule has 0 aliphatic carbocycles. The monoisotopic (exact) mass is 477 g/mol. The normalized spacial score (nSPS) is 13.9. The Morgan fingerprint density at radius 2 is 1.36 bits per heavy atom. The smallest absolute Gasteiger partial charge is 0.434 e. The molecule has 0 rings (SSSR count). The van der Waals surface area contributed by atoms with E-state index in [2.05, 4.69) is 10.1 Å². The number of carbonyl (C=O) groups excluding carboxylic acids is 3. The Kier molecular flexibility index (Phi) is 18.7. The molecule has 33 heavy (non-hydrogen) atoms. The Bertz CT molecular complexity index is 542. The van der Waals surface area contributed by atoms with Crippen molar-refractivity contribution in [2.24, 2.45) is 5.92 Å². The van der Waals surface area contributed by atoms with Crippen molar-refractivity contribution in [3.8, 4) is 0 Å². The predicted octanol–water partition coefficient (Wildman–Crippen LogP) is 1.80. The Morgan fingerprint density at radius 3 is 1.91 bits per heavy atom. The minimum atomic E-state index is -1.42. The van der Waals surface area contributed by atoms with Crippen LogP contribution in [0.4, 0.5) is 4.79 Å². The van der Waals surface area contributed by atoms with E-state index in [-0.39, 0.29) is 44.4 Å². The van der Waals surface area contributed by atoms with Crippen LogP contribution in [0.2, 0.25) is 0 Å². The average Bonchev–Trinajstić information content (AvgIpc) is 2.76. The molecule has 1 amide bonds. The summed E-state index contributed by atoms with van der Waals surface area (Å²) in [5.41, 5.74) is 0. The highest BCUT2D eigenvalue weighted by Gasteiger charge is 2.24. The molecule has 0 aliphatic rings. The van der Waals surface area contributed by atoms with Crippen LogP contribution in [0.15, 0.2) is 0 Å². The highest BCUT2D eigenvalue weighted by molar-refractivity contribution is 5.81. The van der Waals surface area contributed by atoms with Crippen LogP contribution in [0.1, 0.15) is 84.5 Å². The van der Waals surface area contributed by atoms with Gasteiger partial charge in [-0.2, -0.15) is 0 Å². The van der Waals surface area contributed by atoms with Gasteiger partial charge in [0.1, 0.15) is 6.10 Å². The lowest BCUT2D eigenvalue weighted by molar-refractivity contribution is -0.140. The Hall–Kier alpha value is -1.75. The number of esters is 1. The van der Waals surface area contributed by atoms with E-state index in [1.807, 2.05) is 13.8 Å². The molecule has 0 heterocycles. The minimum Gasteiger partial charge on any atom is -0.434 e. The van der Waals surface area contributed by atoms with Gasteiger partial charge in [-0.15, -0.1) is 0 Å². The third-order valence-corrected chi connectivity index (χ3v) is 4.99. The van der Waals surface area contributed by atoms with Gasteiger partial charge < -0.3 is 35.2 Å². The molecular weight excluding hydrogens is 434 g/mol. The molecule has 3 atom stereocenters. The van der Waals surface area contributed by atoms with Crippen LogP contribution in [0.5, 0.6) is 0 Å². The van der Waals surface area contributed by atoms with Gasteiger partial charge in [0.05, 0.1) is 18.8 Å². The number of aliphatic hydroxyl groups is 4. The summed E-state index contributed by atoms with van der Waals surface area (Å²) in [6.45, 7) is 3.55. The van der Waals surface area contributed by atoms with Crippen molar-refractivity contribution >= 4 is 18.0 Å². The molecule has 0 aliphatic heterocycles. The van der Waals surface area contributed by atoms with Crippen molar-refractivity contribution in [1.82, 2.24) is 5.32 Å². The second kappa shape index (κ2) is 19.7. The number of amides is 1. The number of unbranched alkanes of at least 4 members (excludes halogenated alkanes) is 7. The summed E-state index contributed by atoms with van der Waals surface area (Å²) in [4.78, 5) is 34.6. The molecule has 0 bridgehead atoms. The second-order valence-corrected chi connectivity index (χ2v) is 8.70. The maximum atomic E-state index is 11.8. The lowest BCUT2D eigenvalue weighted by Gasteiger charge is -2.22. The van der Waals surface area contributed by atoms with Crippen LogP contribution in [0.3, 0.4) is 0 Å². The van der Waals surface area contributed by atoms with E-state index in [0.717, 1.165) is 44.9 Å². The van der Waals surface area contributed by atoms with Crippen LogP contribution >= 0.6 is 0 Å². The lowest BCUT2D eigenvalue weighted by Crippen LogP contribution is -2.44. The number of hydrogen-bond donors (Lipinski definition) is 5. The van der Waals surface area contributed by atoms with E-state index < -0.39 is 30.4 Å². The lowest BCUT2D eigenvalue weighted by atomic mass is 10.1. The molecule has 0 aromatic heterocycles. The highest BCUT2D eigenvalue weighted by Crippen LogP contribution is 2.11. The molecule has 0 radical (unpaired) electrons. The van der Waals surface area contributed by atoms with Gasteiger partial charge in [0.15, 0.2) is 0 Å². The van der Waals surface area contributed by atoms with Crippen LogP contribution in [0.25, 0.3) is 0 Å². The third-order valence-electron chi connectivity index (χ3n) is 4.99. The summed E-state index contributed by atoms with van der Waals surface area (Å²) in [6, 6.07) is 0. The highest BCUT2D eigenvalue weighted by atomic mass is 16.7. The molecule has 194 valence electrons. The van der Waals surface area contributed by atoms with E-state index in [1.54, 1.807) is 0 Å². The molecule has 3 unspecified atom stereocenters.